The van der Waals surface area contributed by atoms with Crippen molar-refractivity contribution in [3.8, 4) is 0 Å². The zero-order chi connectivity index (χ0) is 15.7. The van der Waals surface area contributed by atoms with E-state index < -0.39 is 36.2 Å². The maximum atomic E-state index is 11.6. The number of hydrogen-bond donors (Lipinski definition) is 1. The highest BCUT2D eigenvalue weighted by Gasteiger charge is 2.41. The van der Waals surface area contributed by atoms with Crippen molar-refractivity contribution in [3.05, 3.63) is 0 Å². The number of imide groups is 2. The second kappa shape index (κ2) is 5.60. The Morgan fingerprint density at radius 3 is 2.33 bits per heavy atom. The molecule has 2 aliphatic heterocycles. The van der Waals surface area contributed by atoms with Crippen molar-refractivity contribution >= 4 is 29.6 Å². The van der Waals surface area contributed by atoms with Gasteiger partial charge in [0.15, 0.2) is 0 Å². The number of nitrogens with zero attached hydrogens (tertiary/aromatic N) is 2. The zero-order valence-electron chi connectivity index (χ0n) is 11.3. The van der Waals surface area contributed by atoms with E-state index in [1.165, 1.54) is 0 Å². The molecule has 2 unspecified atom stereocenters. The molecule has 2 rings (SSSR count). The summed E-state index contributed by atoms with van der Waals surface area (Å²) >= 11 is 0. The van der Waals surface area contributed by atoms with Crippen LogP contribution in [0.15, 0.2) is 0 Å². The van der Waals surface area contributed by atoms with Gasteiger partial charge in [-0.15, -0.1) is 0 Å². The number of likely N-dealkylation sites (tertiary alicyclic amines) is 1. The molecule has 2 saturated heterocycles. The Hall–Kier alpha value is -2.29. The maximum Gasteiger partial charge on any atom is 0.335 e. The fourth-order valence-electron chi connectivity index (χ4n) is 2.12. The molecule has 2 atom stereocenters. The van der Waals surface area contributed by atoms with E-state index in [0.717, 1.165) is 4.90 Å². The summed E-state index contributed by atoms with van der Waals surface area (Å²) in [6.07, 6.45) is -2.18. The van der Waals surface area contributed by atoms with E-state index in [9.17, 15) is 24.0 Å². The molecule has 0 aliphatic carbocycles. The SMILES string of the molecule is CC1CC(=O)N(CCC(=O)ON2C(=O)CC(O)C2=O)C1=O. The van der Waals surface area contributed by atoms with Gasteiger partial charge in [-0.2, -0.15) is 0 Å². The number of carbonyl (C=O) groups is 5. The summed E-state index contributed by atoms with van der Waals surface area (Å²) < 4.78 is 0. The summed E-state index contributed by atoms with van der Waals surface area (Å²) in [5.41, 5.74) is 0. The molecule has 2 aliphatic rings. The van der Waals surface area contributed by atoms with Crippen molar-refractivity contribution in [3.63, 3.8) is 0 Å². The van der Waals surface area contributed by atoms with Crippen LogP contribution in [0.3, 0.4) is 0 Å². The normalized spacial score (nSPS) is 26.0. The molecule has 2 heterocycles. The molecule has 0 aromatic rings. The number of hydrogen-bond acceptors (Lipinski definition) is 7. The van der Waals surface area contributed by atoms with E-state index in [0.29, 0.717) is 0 Å². The molecule has 4 amide bonds. The van der Waals surface area contributed by atoms with Gasteiger partial charge in [0.25, 0.3) is 11.8 Å². The average Bonchev–Trinajstić information content (AvgIpc) is 2.79. The molecule has 0 radical (unpaired) electrons. The van der Waals surface area contributed by atoms with Crippen LogP contribution in [-0.2, 0) is 28.8 Å². The van der Waals surface area contributed by atoms with Gasteiger partial charge in [0, 0.05) is 18.9 Å². The van der Waals surface area contributed by atoms with Crippen molar-refractivity contribution in [2.24, 2.45) is 5.92 Å². The molecule has 2 fully saturated rings. The van der Waals surface area contributed by atoms with Gasteiger partial charge in [-0.05, 0) is 0 Å². The number of rotatable bonds is 4. The first-order valence-corrected chi connectivity index (χ1v) is 6.41. The molecule has 0 saturated carbocycles. The summed E-state index contributed by atoms with van der Waals surface area (Å²) in [5, 5.41) is 9.36. The van der Waals surface area contributed by atoms with Gasteiger partial charge >= 0.3 is 5.97 Å². The fraction of sp³-hybridized carbons (Fsp3) is 0.583. The Bertz CT molecular complexity index is 530. The van der Waals surface area contributed by atoms with Crippen molar-refractivity contribution in [1.82, 2.24) is 9.96 Å². The first kappa shape index (κ1) is 15.1. The fourth-order valence-corrected chi connectivity index (χ4v) is 2.12. The lowest BCUT2D eigenvalue weighted by Gasteiger charge is -2.16. The average molecular weight is 298 g/mol. The quantitative estimate of drug-likeness (QED) is 0.617. The molecule has 9 nitrogen and oxygen atoms in total. The number of amides is 4. The highest BCUT2D eigenvalue weighted by Crippen LogP contribution is 2.19. The van der Waals surface area contributed by atoms with E-state index in [1.807, 2.05) is 0 Å². The second-order valence-electron chi connectivity index (χ2n) is 4.95. The molecule has 0 spiro atoms. The molecule has 21 heavy (non-hydrogen) atoms. The van der Waals surface area contributed by atoms with Crippen LogP contribution >= 0.6 is 0 Å². The van der Waals surface area contributed by atoms with Crippen LogP contribution in [-0.4, -0.2) is 57.3 Å². The number of carbonyl (C=O) groups excluding carboxylic acids is 5. The second-order valence-corrected chi connectivity index (χ2v) is 4.95. The zero-order valence-corrected chi connectivity index (χ0v) is 11.3. The number of aliphatic hydroxyl groups excluding tert-OH is 1. The van der Waals surface area contributed by atoms with Gasteiger partial charge in [0.1, 0.15) is 6.10 Å². The van der Waals surface area contributed by atoms with E-state index >= 15 is 0 Å². The molecular weight excluding hydrogens is 284 g/mol. The van der Waals surface area contributed by atoms with Crippen LogP contribution in [0.5, 0.6) is 0 Å². The largest absolute Gasteiger partial charge is 0.383 e. The minimum absolute atomic E-state index is 0.100. The summed E-state index contributed by atoms with van der Waals surface area (Å²) in [4.78, 5) is 62.8. The van der Waals surface area contributed by atoms with E-state index in [4.69, 9.17) is 5.11 Å². The molecular formula is C12H14N2O7. The highest BCUT2D eigenvalue weighted by molar-refractivity contribution is 6.05. The lowest BCUT2D eigenvalue weighted by atomic mass is 10.1. The van der Waals surface area contributed by atoms with Crippen LogP contribution in [0.25, 0.3) is 0 Å². The first-order valence-electron chi connectivity index (χ1n) is 6.41. The van der Waals surface area contributed by atoms with Gasteiger partial charge in [0.2, 0.25) is 11.8 Å². The van der Waals surface area contributed by atoms with Crippen molar-refractivity contribution in [2.75, 3.05) is 6.54 Å². The smallest absolute Gasteiger partial charge is 0.335 e. The van der Waals surface area contributed by atoms with Gasteiger partial charge < -0.3 is 9.94 Å². The third-order valence-electron chi connectivity index (χ3n) is 3.28. The lowest BCUT2D eigenvalue weighted by molar-refractivity contribution is -0.199. The topological polar surface area (TPSA) is 121 Å². The highest BCUT2D eigenvalue weighted by atomic mass is 16.7. The van der Waals surface area contributed by atoms with Crippen LogP contribution in [0.2, 0.25) is 0 Å². The third-order valence-corrected chi connectivity index (χ3v) is 3.28. The predicted molar refractivity (Wildman–Crippen MR) is 63.7 cm³/mol. The Morgan fingerprint density at radius 1 is 1.19 bits per heavy atom. The molecule has 114 valence electrons. The Balaban J connectivity index is 1.86. The van der Waals surface area contributed by atoms with E-state index in [2.05, 4.69) is 4.84 Å². The van der Waals surface area contributed by atoms with E-state index in [-0.39, 0.29) is 36.3 Å². The lowest BCUT2D eigenvalue weighted by Crippen LogP contribution is -2.37. The molecule has 0 aromatic carbocycles. The van der Waals surface area contributed by atoms with Gasteiger partial charge in [-0.25, -0.2) is 4.79 Å². The standard InChI is InChI=1S/C12H14N2O7/c1-6-4-8(16)13(11(6)19)3-2-10(18)21-14-9(17)5-7(15)12(14)20/h6-7,15H,2-5H2,1H3. The monoisotopic (exact) mass is 298 g/mol. The van der Waals surface area contributed by atoms with Crippen molar-refractivity contribution in [1.29, 1.82) is 0 Å². The van der Waals surface area contributed by atoms with Crippen LogP contribution in [0, 0.1) is 5.92 Å². The summed E-state index contributed by atoms with van der Waals surface area (Å²) in [6, 6.07) is 0. The minimum Gasteiger partial charge on any atom is -0.383 e. The summed E-state index contributed by atoms with van der Waals surface area (Å²) in [7, 11) is 0. The number of hydroxylamine groups is 2. The van der Waals surface area contributed by atoms with Gasteiger partial charge in [0.05, 0.1) is 12.8 Å². The maximum absolute atomic E-state index is 11.6. The predicted octanol–water partition coefficient (Wildman–Crippen LogP) is -1.65. The van der Waals surface area contributed by atoms with Crippen molar-refractivity contribution in [2.45, 2.75) is 32.3 Å². The van der Waals surface area contributed by atoms with E-state index in [1.54, 1.807) is 6.92 Å². The third kappa shape index (κ3) is 2.92. The van der Waals surface area contributed by atoms with Crippen molar-refractivity contribution < 1.29 is 33.9 Å². The van der Waals surface area contributed by atoms with Gasteiger partial charge in [-0.3, -0.25) is 24.1 Å². The van der Waals surface area contributed by atoms with Crippen LogP contribution in [0.4, 0.5) is 0 Å². The van der Waals surface area contributed by atoms with Gasteiger partial charge in [-0.1, -0.05) is 12.0 Å². The summed E-state index contributed by atoms with van der Waals surface area (Å²) in [6.45, 7) is 1.45. The molecule has 1 N–H and O–H groups in total. The molecule has 9 heteroatoms. The van der Waals surface area contributed by atoms with Crippen LogP contribution < -0.4 is 0 Å². The Kier molecular flexibility index (Phi) is 4.03. The summed E-state index contributed by atoms with van der Waals surface area (Å²) in [5.74, 6) is -3.91. The minimum atomic E-state index is -1.51. The van der Waals surface area contributed by atoms with Crippen LogP contribution in [0.1, 0.15) is 26.2 Å². The number of aliphatic hydroxyl groups is 1. The Morgan fingerprint density at radius 2 is 1.86 bits per heavy atom. The Labute approximate surface area is 119 Å². The molecule has 0 aromatic heterocycles. The first-order chi connectivity index (χ1) is 9.81. The molecule has 0 bridgehead atoms.